The number of hydrogen-bond donors (Lipinski definition) is 0. The van der Waals surface area contributed by atoms with Crippen molar-refractivity contribution in [2.45, 2.75) is 19.0 Å². The van der Waals surface area contributed by atoms with Gasteiger partial charge in [0.25, 0.3) is 5.91 Å². The minimum absolute atomic E-state index is 0.0823. The van der Waals surface area contributed by atoms with Gasteiger partial charge in [-0.3, -0.25) is 4.79 Å². The second kappa shape index (κ2) is 12.6. The van der Waals surface area contributed by atoms with Crippen LogP contribution in [0, 0.1) is 0 Å². The Labute approximate surface area is 209 Å². The molecule has 0 aliphatic heterocycles. The second-order valence-electron chi connectivity index (χ2n) is 6.88. The van der Waals surface area contributed by atoms with Crippen molar-refractivity contribution in [1.82, 2.24) is 4.90 Å². The number of carbonyl (C=O) groups excluding carboxylic acids is 1. The van der Waals surface area contributed by atoms with E-state index in [4.69, 9.17) is 55.9 Å². The normalized spacial score (nSPS) is 11.2. The van der Waals surface area contributed by atoms with E-state index in [-0.39, 0.29) is 32.6 Å². The maximum Gasteiger partial charge on any atom is 0.416 e. The molecule has 180 valence electrons. The van der Waals surface area contributed by atoms with Crippen LogP contribution in [0.2, 0.25) is 10.0 Å². The van der Waals surface area contributed by atoms with Crippen LogP contribution in [-0.4, -0.2) is 37.6 Å². The molecule has 0 aliphatic carbocycles. The minimum atomic E-state index is -4.44. The van der Waals surface area contributed by atoms with Gasteiger partial charge in [0, 0.05) is 31.3 Å². The molecule has 0 fully saturated rings. The second-order valence-corrected chi connectivity index (χ2v) is 8.70. The molecule has 0 spiro atoms. The number of ether oxygens (including phenoxy) is 2. The summed E-state index contributed by atoms with van der Waals surface area (Å²) < 4.78 is 49.1. The highest BCUT2D eigenvalue weighted by Gasteiger charge is 2.30. The van der Waals surface area contributed by atoms with Crippen molar-refractivity contribution in [3.63, 3.8) is 0 Å². The molecule has 33 heavy (non-hydrogen) atoms. The van der Waals surface area contributed by atoms with Crippen LogP contribution in [0.5, 0.6) is 11.5 Å². The quantitative estimate of drug-likeness (QED) is 0.288. The summed E-state index contributed by atoms with van der Waals surface area (Å²) in [5, 5.41) is 0.543. The zero-order valence-corrected chi connectivity index (χ0v) is 20.4. The molecule has 0 bridgehead atoms. The Morgan fingerprint density at radius 1 is 1.03 bits per heavy atom. The number of unbranched alkanes of at least 4 members (excludes halogenated alkanes) is 1. The molecule has 0 aliphatic rings. The molecule has 0 radical (unpaired) electrons. The molecule has 0 unspecified atom stereocenters. The predicted octanol–water partition coefficient (Wildman–Crippen LogP) is 7.64. The first-order valence-electron chi connectivity index (χ1n) is 9.67. The molecule has 0 atom stereocenters. The number of hydrogen-bond acceptors (Lipinski definition) is 3. The molecule has 4 nitrogen and oxygen atoms in total. The number of nitrogens with zero attached hydrogens (tertiary/aromatic N) is 1. The first-order chi connectivity index (χ1) is 15.5. The molecule has 11 heteroatoms. The number of alkyl halides is 3. The molecule has 0 heterocycles. The van der Waals surface area contributed by atoms with Crippen LogP contribution in [0.15, 0.2) is 47.0 Å². The lowest BCUT2D eigenvalue weighted by Crippen LogP contribution is -2.28. The van der Waals surface area contributed by atoms with Gasteiger partial charge in [0.1, 0.15) is 16.8 Å². The van der Waals surface area contributed by atoms with E-state index in [1.165, 1.54) is 23.1 Å². The average Bonchev–Trinajstić information content (AvgIpc) is 2.73. The minimum Gasteiger partial charge on any atom is -0.490 e. The highest BCUT2D eigenvalue weighted by Crippen LogP contribution is 2.37. The summed E-state index contributed by atoms with van der Waals surface area (Å²) in [4.78, 5) is 13.8. The molecule has 1 amide bonds. The predicted molar refractivity (Wildman–Crippen MR) is 125 cm³/mol. The third kappa shape index (κ3) is 8.81. The van der Waals surface area contributed by atoms with E-state index < -0.39 is 11.7 Å². The highest BCUT2D eigenvalue weighted by molar-refractivity contribution is 6.55. The molecule has 0 saturated heterocycles. The molecule has 2 aromatic rings. The van der Waals surface area contributed by atoms with Gasteiger partial charge >= 0.3 is 6.18 Å². The van der Waals surface area contributed by atoms with E-state index in [1.807, 2.05) is 0 Å². The molecular weight excluding hydrogens is 525 g/mol. The Bertz CT molecular complexity index is 955. The van der Waals surface area contributed by atoms with E-state index in [0.29, 0.717) is 37.5 Å². The maximum atomic E-state index is 12.6. The van der Waals surface area contributed by atoms with Crippen molar-refractivity contribution in [3.8, 4) is 11.5 Å². The number of carbonyl (C=O) groups is 1. The summed E-state index contributed by atoms with van der Waals surface area (Å²) in [5.74, 6) is 0.369. The molecule has 0 N–H and O–H groups in total. The topological polar surface area (TPSA) is 38.8 Å². The maximum absolute atomic E-state index is 12.6. The lowest BCUT2D eigenvalue weighted by atomic mass is 10.1. The van der Waals surface area contributed by atoms with Crippen LogP contribution < -0.4 is 9.47 Å². The van der Waals surface area contributed by atoms with Gasteiger partial charge in [-0.25, -0.2) is 0 Å². The summed E-state index contributed by atoms with van der Waals surface area (Å²) >= 11 is 23.5. The Hall–Kier alpha value is -1.80. The fourth-order valence-corrected chi connectivity index (χ4v) is 3.41. The van der Waals surface area contributed by atoms with Gasteiger partial charge < -0.3 is 14.4 Å². The smallest absolute Gasteiger partial charge is 0.416 e. The van der Waals surface area contributed by atoms with Gasteiger partial charge in [0.05, 0.1) is 22.2 Å². The van der Waals surface area contributed by atoms with Crippen LogP contribution in [0.4, 0.5) is 13.2 Å². The zero-order chi connectivity index (χ0) is 24.6. The highest BCUT2D eigenvalue weighted by atomic mass is 35.5. The lowest BCUT2D eigenvalue weighted by Gasteiger charge is -2.18. The van der Waals surface area contributed by atoms with Gasteiger partial charge in [-0.05, 0) is 43.2 Å². The summed E-state index contributed by atoms with van der Waals surface area (Å²) in [5.41, 5.74) is -0.612. The standard InChI is InChI=1S/C22H20Cl4F3NO3/c1-30(21(31)14-4-6-15(7-5-14)22(27,28)29)9-2-3-10-33-20-17(23)12-16(13-18(20)24)32-11-8-19(25)26/h4-8,12-13H,2-3,9-11H2,1H3. The molecule has 2 aromatic carbocycles. The van der Waals surface area contributed by atoms with Gasteiger partial charge in [-0.2, -0.15) is 13.2 Å². The monoisotopic (exact) mass is 543 g/mol. The molecular formula is C22H20Cl4F3NO3. The van der Waals surface area contributed by atoms with Crippen molar-refractivity contribution in [2.24, 2.45) is 0 Å². The van der Waals surface area contributed by atoms with Crippen LogP contribution in [-0.2, 0) is 6.18 Å². The van der Waals surface area contributed by atoms with Crippen LogP contribution in [0.25, 0.3) is 0 Å². The molecule has 0 aromatic heterocycles. The summed E-state index contributed by atoms with van der Waals surface area (Å²) in [7, 11) is 1.58. The van der Waals surface area contributed by atoms with Crippen molar-refractivity contribution in [1.29, 1.82) is 0 Å². The van der Waals surface area contributed by atoms with Crippen LogP contribution in [0.1, 0.15) is 28.8 Å². The van der Waals surface area contributed by atoms with E-state index in [1.54, 1.807) is 19.2 Å². The van der Waals surface area contributed by atoms with Crippen LogP contribution in [0.3, 0.4) is 0 Å². The summed E-state index contributed by atoms with van der Waals surface area (Å²) in [6.45, 7) is 0.842. The number of halogens is 7. The Morgan fingerprint density at radius 2 is 1.64 bits per heavy atom. The third-order valence-corrected chi connectivity index (χ3v) is 5.27. The number of rotatable bonds is 10. The van der Waals surface area contributed by atoms with E-state index >= 15 is 0 Å². The lowest BCUT2D eigenvalue weighted by molar-refractivity contribution is -0.137. The molecule has 2 rings (SSSR count). The Kier molecular flexibility index (Phi) is 10.5. The Balaban J connectivity index is 1.79. The summed E-state index contributed by atoms with van der Waals surface area (Å²) in [6, 6.07) is 7.22. The first kappa shape index (κ1) is 27.4. The largest absolute Gasteiger partial charge is 0.490 e. The van der Waals surface area contributed by atoms with Gasteiger partial charge in [-0.15, -0.1) is 0 Å². The van der Waals surface area contributed by atoms with Crippen LogP contribution >= 0.6 is 46.4 Å². The van der Waals surface area contributed by atoms with Crippen molar-refractivity contribution < 1.29 is 27.4 Å². The van der Waals surface area contributed by atoms with E-state index in [0.717, 1.165) is 12.1 Å². The van der Waals surface area contributed by atoms with E-state index in [9.17, 15) is 18.0 Å². The number of amides is 1. The van der Waals surface area contributed by atoms with Crippen molar-refractivity contribution in [2.75, 3.05) is 26.8 Å². The number of benzene rings is 2. The Morgan fingerprint density at radius 3 is 2.18 bits per heavy atom. The third-order valence-electron chi connectivity index (χ3n) is 4.40. The fourth-order valence-electron chi connectivity index (χ4n) is 2.71. The molecule has 0 saturated carbocycles. The van der Waals surface area contributed by atoms with Gasteiger partial charge in [-0.1, -0.05) is 46.4 Å². The average molecular weight is 545 g/mol. The zero-order valence-electron chi connectivity index (χ0n) is 17.4. The van der Waals surface area contributed by atoms with Gasteiger partial charge in [0.15, 0.2) is 5.75 Å². The van der Waals surface area contributed by atoms with Crippen molar-refractivity contribution >= 4 is 52.3 Å². The first-order valence-corrected chi connectivity index (χ1v) is 11.2. The SMILES string of the molecule is CN(CCCCOc1c(Cl)cc(OCC=C(Cl)Cl)cc1Cl)C(=O)c1ccc(C(F)(F)F)cc1. The van der Waals surface area contributed by atoms with E-state index in [2.05, 4.69) is 0 Å². The van der Waals surface area contributed by atoms with Gasteiger partial charge in [0.2, 0.25) is 0 Å². The summed E-state index contributed by atoms with van der Waals surface area (Å²) in [6.07, 6.45) is -1.78. The fraction of sp³-hybridized carbons (Fsp3) is 0.318. The van der Waals surface area contributed by atoms with Crippen molar-refractivity contribution in [3.05, 3.63) is 68.1 Å².